The number of carbonyl (C=O) groups excluding carboxylic acids is 2. The number of Topliss-reactive ketones (excluding diaryl/α,β-unsaturated/α-hetero) is 2. The highest BCUT2D eigenvalue weighted by molar-refractivity contribution is 5.85. The van der Waals surface area contributed by atoms with Gasteiger partial charge in [0, 0.05) is 32.3 Å². The molecular weight excluding hydrogens is 208 g/mol. The van der Waals surface area contributed by atoms with Crippen molar-refractivity contribution in [1.82, 2.24) is 0 Å². The SMILES string of the molecule is CCC(=O)CCC(=O)CCCOCC1CO1. The molecule has 1 saturated heterocycles. The lowest BCUT2D eigenvalue weighted by atomic mass is 10.1. The van der Waals surface area contributed by atoms with Crippen LogP contribution in [0.2, 0.25) is 0 Å². The third kappa shape index (κ3) is 6.69. The first-order valence-corrected chi connectivity index (χ1v) is 5.95. The number of ether oxygens (including phenoxy) is 2. The van der Waals surface area contributed by atoms with E-state index in [0.717, 1.165) is 13.0 Å². The molecule has 0 saturated carbocycles. The van der Waals surface area contributed by atoms with Gasteiger partial charge in [0.05, 0.1) is 13.2 Å². The van der Waals surface area contributed by atoms with Crippen LogP contribution in [0.15, 0.2) is 0 Å². The quantitative estimate of drug-likeness (QED) is 0.420. The summed E-state index contributed by atoms with van der Waals surface area (Å²) in [6, 6.07) is 0. The maximum atomic E-state index is 11.3. The Morgan fingerprint density at radius 3 is 2.56 bits per heavy atom. The summed E-state index contributed by atoms with van der Waals surface area (Å²) in [6.07, 6.45) is 2.86. The summed E-state index contributed by atoms with van der Waals surface area (Å²) in [5, 5.41) is 0. The van der Waals surface area contributed by atoms with Gasteiger partial charge in [-0.15, -0.1) is 0 Å². The van der Waals surface area contributed by atoms with Gasteiger partial charge < -0.3 is 9.47 Å². The van der Waals surface area contributed by atoms with Crippen molar-refractivity contribution < 1.29 is 19.1 Å². The highest BCUT2D eigenvalue weighted by atomic mass is 16.6. The number of rotatable bonds is 10. The minimum atomic E-state index is 0.160. The number of hydrogen-bond acceptors (Lipinski definition) is 4. The van der Waals surface area contributed by atoms with E-state index in [0.29, 0.717) is 38.9 Å². The summed E-state index contributed by atoms with van der Waals surface area (Å²) >= 11 is 0. The molecule has 0 aromatic rings. The lowest BCUT2D eigenvalue weighted by Gasteiger charge is -2.01. The zero-order chi connectivity index (χ0) is 11.8. The predicted molar refractivity (Wildman–Crippen MR) is 59.3 cm³/mol. The van der Waals surface area contributed by atoms with Gasteiger partial charge in [0.15, 0.2) is 0 Å². The van der Waals surface area contributed by atoms with Crippen molar-refractivity contribution in [2.24, 2.45) is 0 Å². The van der Waals surface area contributed by atoms with Crippen molar-refractivity contribution in [3.8, 4) is 0 Å². The second kappa shape index (κ2) is 7.52. The van der Waals surface area contributed by atoms with Gasteiger partial charge in [-0.3, -0.25) is 9.59 Å². The monoisotopic (exact) mass is 228 g/mol. The molecule has 1 aliphatic rings. The highest BCUT2D eigenvalue weighted by Gasteiger charge is 2.21. The van der Waals surface area contributed by atoms with E-state index in [1.54, 1.807) is 0 Å². The van der Waals surface area contributed by atoms with Crippen LogP contribution in [-0.4, -0.2) is 37.5 Å². The third-order valence-electron chi connectivity index (χ3n) is 2.53. The fourth-order valence-electron chi connectivity index (χ4n) is 1.33. The van der Waals surface area contributed by atoms with E-state index in [-0.39, 0.29) is 17.7 Å². The number of epoxide rings is 1. The lowest BCUT2D eigenvalue weighted by molar-refractivity contribution is -0.124. The summed E-state index contributed by atoms with van der Waals surface area (Å²) in [6.45, 7) is 3.87. The minimum Gasteiger partial charge on any atom is -0.379 e. The van der Waals surface area contributed by atoms with E-state index >= 15 is 0 Å². The summed E-state index contributed by atoms with van der Waals surface area (Å²) in [5.41, 5.74) is 0. The molecular formula is C12H20O4. The van der Waals surface area contributed by atoms with E-state index in [2.05, 4.69) is 0 Å². The fourth-order valence-corrected chi connectivity index (χ4v) is 1.33. The van der Waals surface area contributed by atoms with Crippen LogP contribution in [0.5, 0.6) is 0 Å². The van der Waals surface area contributed by atoms with Crippen molar-refractivity contribution in [2.75, 3.05) is 19.8 Å². The normalized spacial score (nSPS) is 18.4. The predicted octanol–water partition coefficient (Wildman–Crippen LogP) is 1.51. The van der Waals surface area contributed by atoms with Crippen LogP contribution < -0.4 is 0 Å². The minimum absolute atomic E-state index is 0.160. The van der Waals surface area contributed by atoms with Crippen LogP contribution in [0.25, 0.3) is 0 Å². The lowest BCUT2D eigenvalue weighted by Crippen LogP contribution is -2.06. The van der Waals surface area contributed by atoms with Crippen molar-refractivity contribution in [2.45, 2.75) is 45.1 Å². The Balaban J connectivity index is 1.86. The molecule has 4 nitrogen and oxygen atoms in total. The largest absolute Gasteiger partial charge is 0.379 e. The van der Waals surface area contributed by atoms with Gasteiger partial charge in [-0.1, -0.05) is 6.92 Å². The Bertz CT molecular complexity index is 233. The average Bonchev–Trinajstić information content (AvgIpc) is 3.09. The van der Waals surface area contributed by atoms with Crippen LogP contribution in [0.1, 0.15) is 39.0 Å². The molecule has 1 atom stereocenters. The number of ketones is 2. The van der Waals surface area contributed by atoms with Gasteiger partial charge in [0.1, 0.15) is 17.7 Å². The summed E-state index contributed by atoms with van der Waals surface area (Å²) in [7, 11) is 0. The molecule has 0 amide bonds. The molecule has 1 rings (SSSR count). The second-order valence-corrected chi connectivity index (χ2v) is 4.06. The molecule has 0 bridgehead atoms. The van der Waals surface area contributed by atoms with E-state index in [9.17, 15) is 9.59 Å². The molecule has 0 aromatic carbocycles. The van der Waals surface area contributed by atoms with E-state index in [4.69, 9.17) is 9.47 Å². The van der Waals surface area contributed by atoms with Gasteiger partial charge in [-0.25, -0.2) is 0 Å². The molecule has 1 unspecified atom stereocenters. The first kappa shape index (κ1) is 13.3. The van der Waals surface area contributed by atoms with Crippen LogP contribution in [-0.2, 0) is 19.1 Å². The molecule has 4 heteroatoms. The zero-order valence-corrected chi connectivity index (χ0v) is 9.87. The van der Waals surface area contributed by atoms with Crippen LogP contribution in [0.3, 0.4) is 0 Å². The van der Waals surface area contributed by atoms with Gasteiger partial charge in [0.25, 0.3) is 0 Å². The van der Waals surface area contributed by atoms with Gasteiger partial charge >= 0.3 is 0 Å². The van der Waals surface area contributed by atoms with E-state index in [1.165, 1.54) is 0 Å². The Morgan fingerprint density at radius 1 is 1.25 bits per heavy atom. The summed E-state index contributed by atoms with van der Waals surface area (Å²) in [5.74, 6) is 0.323. The Morgan fingerprint density at radius 2 is 1.94 bits per heavy atom. The van der Waals surface area contributed by atoms with E-state index < -0.39 is 0 Å². The molecule has 0 aliphatic carbocycles. The number of hydrogen-bond donors (Lipinski definition) is 0. The fraction of sp³-hybridized carbons (Fsp3) is 0.833. The molecule has 16 heavy (non-hydrogen) atoms. The maximum Gasteiger partial charge on any atom is 0.133 e. The van der Waals surface area contributed by atoms with Crippen molar-refractivity contribution in [1.29, 1.82) is 0 Å². The first-order valence-electron chi connectivity index (χ1n) is 5.95. The second-order valence-electron chi connectivity index (χ2n) is 4.06. The Labute approximate surface area is 96.3 Å². The van der Waals surface area contributed by atoms with Crippen molar-refractivity contribution in [3.05, 3.63) is 0 Å². The first-order chi connectivity index (χ1) is 7.72. The van der Waals surface area contributed by atoms with Gasteiger partial charge in [-0.05, 0) is 6.42 Å². The third-order valence-corrected chi connectivity index (χ3v) is 2.53. The Hall–Kier alpha value is -0.740. The number of carbonyl (C=O) groups is 2. The van der Waals surface area contributed by atoms with Crippen LogP contribution in [0, 0.1) is 0 Å². The molecule has 1 fully saturated rings. The molecule has 0 spiro atoms. The molecule has 0 N–H and O–H groups in total. The van der Waals surface area contributed by atoms with Crippen molar-refractivity contribution in [3.63, 3.8) is 0 Å². The van der Waals surface area contributed by atoms with Crippen molar-refractivity contribution >= 4 is 11.6 Å². The molecule has 1 heterocycles. The average molecular weight is 228 g/mol. The Kier molecular flexibility index (Phi) is 6.26. The standard InChI is InChI=1S/C12H20O4/c1-2-10(13)5-6-11(14)4-3-7-15-8-12-9-16-12/h12H,2-9H2,1H3. The topological polar surface area (TPSA) is 55.9 Å². The molecule has 92 valence electrons. The van der Waals surface area contributed by atoms with Crippen LogP contribution >= 0.6 is 0 Å². The molecule has 0 aromatic heterocycles. The molecule has 1 aliphatic heterocycles. The highest BCUT2D eigenvalue weighted by Crippen LogP contribution is 2.09. The van der Waals surface area contributed by atoms with Gasteiger partial charge in [0.2, 0.25) is 0 Å². The van der Waals surface area contributed by atoms with Gasteiger partial charge in [-0.2, -0.15) is 0 Å². The van der Waals surface area contributed by atoms with E-state index in [1.807, 2.05) is 6.92 Å². The summed E-state index contributed by atoms with van der Waals surface area (Å²) in [4.78, 5) is 22.3. The maximum absolute atomic E-state index is 11.3. The summed E-state index contributed by atoms with van der Waals surface area (Å²) < 4.78 is 10.3. The molecule has 0 radical (unpaired) electrons. The van der Waals surface area contributed by atoms with Crippen LogP contribution in [0.4, 0.5) is 0 Å². The smallest absolute Gasteiger partial charge is 0.133 e. The zero-order valence-electron chi connectivity index (χ0n) is 9.87.